The van der Waals surface area contributed by atoms with E-state index in [1.54, 1.807) is 38.4 Å². The van der Waals surface area contributed by atoms with Crippen molar-refractivity contribution in [1.82, 2.24) is 4.90 Å². The van der Waals surface area contributed by atoms with Crippen molar-refractivity contribution in [2.24, 2.45) is 0 Å². The summed E-state index contributed by atoms with van der Waals surface area (Å²) in [6.45, 7) is 2.53. The molecule has 28 heavy (non-hydrogen) atoms. The summed E-state index contributed by atoms with van der Waals surface area (Å²) in [6, 6.07) is 12.5. The fourth-order valence-electron chi connectivity index (χ4n) is 2.36. The molecule has 0 aliphatic carbocycles. The number of amides is 1. The highest BCUT2D eigenvalue weighted by molar-refractivity contribution is 6.32. The van der Waals surface area contributed by atoms with Gasteiger partial charge in [0.25, 0.3) is 5.91 Å². The summed E-state index contributed by atoms with van der Waals surface area (Å²) in [6.07, 6.45) is 1.47. The third-order valence-electron chi connectivity index (χ3n) is 3.70. The summed E-state index contributed by atoms with van der Waals surface area (Å²) < 4.78 is 11.5. The van der Waals surface area contributed by atoms with Crippen LogP contribution < -0.4 is 9.47 Å². The first kappa shape index (κ1) is 21.6. The summed E-state index contributed by atoms with van der Waals surface area (Å²) in [5, 5.41) is 10.2. The first-order valence-electron chi connectivity index (χ1n) is 8.52. The van der Waals surface area contributed by atoms with Gasteiger partial charge in [-0.15, -0.1) is 0 Å². The molecule has 0 N–H and O–H groups in total. The molecule has 0 heterocycles. The Hall–Kier alpha value is -2.68. The van der Waals surface area contributed by atoms with Crippen molar-refractivity contribution >= 4 is 35.2 Å². The van der Waals surface area contributed by atoms with Crippen LogP contribution in [-0.2, 0) is 11.4 Å². The van der Waals surface area contributed by atoms with E-state index >= 15 is 0 Å². The maximum Gasteiger partial charge on any atom is 0.264 e. The number of likely N-dealkylation sites (N-methyl/N-ethyl adjacent to an activating group) is 1. The van der Waals surface area contributed by atoms with Crippen molar-refractivity contribution in [2.45, 2.75) is 13.5 Å². The van der Waals surface area contributed by atoms with Gasteiger partial charge in [0.05, 0.1) is 11.6 Å². The molecule has 2 rings (SSSR count). The molecule has 5 nitrogen and oxygen atoms in total. The smallest absolute Gasteiger partial charge is 0.264 e. The zero-order chi connectivity index (χ0) is 20.7. The first-order valence-corrected chi connectivity index (χ1v) is 9.28. The van der Waals surface area contributed by atoms with Crippen LogP contribution in [0, 0.1) is 11.3 Å². The third-order valence-corrected chi connectivity index (χ3v) is 4.23. The number of nitrogens with zero attached hydrogens (tertiary/aromatic N) is 2. The van der Waals surface area contributed by atoms with E-state index in [1.807, 2.05) is 25.1 Å². The Labute approximate surface area is 174 Å². The number of benzene rings is 2. The van der Waals surface area contributed by atoms with Crippen LogP contribution >= 0.6 is 23.2 Å². The Morgan fingerprint density at radius 1 is 1.18 bits per heavy atom. The topological polar surface area (TPSA) is 62.6 Å². The van der Waals surface area contributed by atoms with Gasteiger partial charge in [-0.05, 0) is 48.4 Å². The van der Waals surface area contributed by atoms with E-state index in [1.165, 1.54) is 11.0 Å². The second-order valence-corrected chi connectivity index (χ2v) is 6.89. The van der Waals surface area contributed by atoms with E-state index in [-0.39, 0.29) is 18.1 Å². The van der Waals surface area contributed by atoms with Crippen molar-refractivity contribution < 1.29 is 14.3 Å². The number of hydrogen-bond donors (Lipinski definition) is 0. The predicted molar refractivity (Wildman–Crippen MR) is 111 cm³/mol. The van der Waals surface area contributed by atoms with Crippen LogP contribution in [0.15, 0.2) is 42.0 Å². The molecular formula is C21H20Cl2N2O3. The monoisotopic (exact) mass is 418 g/mol. The minimum absolute atomic E-state index is 0.00153. The number of carbonyl (C=O) groups excluding carboxylic acids is 1. The molecule has 0 radical (unpaired) electrons. The van der Waals surface area contributed by atoms with Gasteiger partial charge >= 0.3 is 0 Å². The Morgan fingerprint density at radius 3 is 2.43 bits per heavy atom. The third kappa shape index (κ3) is 5.66. The molecule has 0 aromatic heterocycles. The van der Waals surface area contributed by atoms with Gasteiger partial charge in [0, 0.05) is 19.1 Å². The van der Waals surface area contributed by atoms with Crippen LogP contribution in [0.4, 0.5) is 0 Å². The van der Waals surface area contributed by atoms with Crippen molar-refractivity contribution in [1.29, 1.82) is 5.26 Å². The number of hydrogen-bond acceptors (Lipinski definition) is 4. The molecule has 0 fully saturated rings. The van der Waals surface area contributed by atoms with E-state index in [9.17, 15) is 10.1 Å². The van der Waals surface area contributed by atoms with Crippen LogP contribution in [0.2, 0.25) is 10.0 Å². The normalized spacial score (nSPS) is 10.9. The molecule has 2 aromatic carbocycles. The van der Waals surface area contributed by atoms with Crippen molar-refractivity contribution in [2.75, 3.05) is 20.7 Å². The Kier molecular flexibility index (Phi) is 7.74. The van der Waals surface area contributed by atoms with Gasteiger partial charge in [-0.25, -0.2) is 0 Å². The van der Waals surface area contributed by atoms with Gasteiger partial charge in [0.2, 0.25) is 0 Å². The van der Waals surface area contributed by atoms with Crippen molar-refractivity contribution in [3.8, 4) is 17.6 Å². The van der Waals surface area contributed by atoms with Gasteiger partial charge in [0.1, 0.15) is 18.2 Å². The molecule has 2 aromatic rings. The quantitative estimate of drug-likeness (QED) is 0.470. The molecular weight excluding hydrogens is 399 g/mol. The minimum atomic E-state index is -0.389. The van der Waals surface area contributed by atoms with E-state index < -0.39 is 0 Å². The summed E-state index contributed by atoms with van der Waals surface area (Å²) in [7, 11) is 3.17. The zero-order valence-electron chi connectivity index (χ0n) is 15.8. The highest BCUT2D eigenvalue weighted by Gasteiger charge is 2.15. The Morgan fingerprint density at radius 2 is 1.86 bits per heavy atom. The summed E-state index contributed by atoms with van der Waals surface area (Å²) in [5.74, 6) is 0.442. The maximum absolute atomic E-state index is 12.1. The number of halogens is 2. The van der Waals surface area contributed by atoms with E-state index in [2.05, 4.69) is 0 Å². The van der Waals surface area contributed by atoms with E-state index in [4.69, 9.17) is 32.7 Å². The SMILES string of the molecule is CCOc1cc(/C=C(/C#N)C(=O)N(C)C)cc(Cl)c1OCc1ccc(Cl)cc1. The lowest BCUT2D eigenvalue weighted by Gasteiger charge is -2.15. The van der Waals surface area contributed by atoms with Gasteiger partial charge in [-0.3, -0.25) is 4.79 Å². The summed E-state index contributed by atoms with van der Waals surface area (Å²) in [4.78, 5) is 13.4. The van der Waals surface area contributed by atoms with Crippen LogP contribution in [0.1, 0.15) is 18.1 Å². The number of rotatable bonds is 7. The molecule has 1 amide bonds. The van der Waals surface area contributed by atoms with Crippen LogP contribution in [0.25, 0.3) is 6.08 Å². The van der Waals surface area contributed by atoms with Gasteiger partial charge in [0.15, 0.2) is 11.5 Å². The molecule has 0 aliphatic rings. The van der Waals surface area contributed by atoms with E-state index in [0.29, 0.717) is 33.7 Å². The van der Waals surface area contributed by atoms with E-state index in [0.717, 1.165) is 5.56 Å². The minimum Gasteiger partial charge on any atom is -0.490 e. The summed E-state index contributed by atoms with van der Waals surface area (Å²) >= 11 is 12.3. The molecule has 0 saturated carbocycles. The van der Waals surface area contributed by atoms with Gasteiger partial charge in [-0.2, -0.15) is 5.26 Å². The number of nitriles is 1. The Bertz CT molecular complexity index is 916. The zero-order valence-corrected chi connectivity index (χ0v) is 17.3. The molecule has 0 bridgehead atoms. The maximum atomic E-state index is 12.1. The second-order valence-electron chi connectivity index (χ2n) is 6.05. The highest BCUT2D eigenvalue weighted by Crippen LogP contribution is 2.38. The fourth-order valence-corrected chi connectivity index (χ4v) is 2.76. The van der Waals surface area contributed by atoms with Crippen LogP contribution in [0.5, 0.6) is 11.5 Å². The lowest BCUT2D eigenvalue weighted by atomic mass is 10.1. The Balaban J connectivity index is 2.34. The highest BCUT2D eigenvalue weighted by atomic mass is 35.5. The summed E-state index contributed by atoms with van der Waals surface area (Å²) in [5.41, 5.74) is 1.49. The van der Waals surface area contributed by atoms with Crippen molar-refractivity contribution in [3.05, 3.63) is 63.1 Å². The predicted octanol–water partition coefficient (Wildman–Crippen LogP) is 4.97. The average molecular weight is 419 g/mol. The largest absolute Gasteiger partial charge is 0.490 e. The van der Waals surface area contributed by atoms with Crippen molar-refractivity contribution in [3.63, 3.8) is 0 Å². The lowest BCUT2D eigenvalue weighted by molar-refractivity contribution is -0.124. The molecule has 7 heteroatoms. The number of carbonyl (C=O) groups is 1. The molecule has 0 saturated heterocycles. The number of ether oxygens (including phenoxy) is 2. The van der Waals surface area contributed by atoms with Gasteiger partial charge < -0.3 is 14.4 Å². The molecule has 0 aliphatic heterocycles. The van der Waals surface area contributed by atoms with Crippen LogP contribution in [0.3, 0.4) is 0 Å². The molecule has 0 atom stereocenters. The molecule has 0 unspecified atom stereocenters. The molecule has 0 spiro atoms. The fraction of sp³-hybridized carbons (Fsp3) is 0.238. The lowest BCUT2D eigenvalue weighted by Crippen LogP contribution is -2.22. The average Bonchev–Trinajstić information content (AvgIpc) is 2.66. The first-order chi connectivity index (χ1) is 13.3. The second kappa shape index (κ2) is 10.0. The molecule has 146 valence electrons. The van der Waals surface area contributed by atoms with Gasteiger partial charge in [-0.1, -0.05) is 35.3 Å². The standard InChI is InChI=1S/C21H20Cl2N2O3/c1-4-27-19-11-15(9-16(12-24)21(26)25(2)3)10-18(23)20(19)28-13-14-5-7-17(22)8-6-14/h5-11H,4,13H2,1-3H3/b16-9-. The van der Waals surface area contributed by atoms with Crippen LogP contribution in [-0.4, -0.2) is 31.5 Å².